The van der Waals surface area contributed by atoms with Crippen molar-refractivity contribution in [1.82, 2.24) is 9.55 Å². The molecule has 2 heteroatoms. The van der Waals surface area contributed by atoms with Crippen molar-refractivity contribution in [2.75, 3.05) is 0 Å². The normalized spacial score (nSPS) is 11.1. The van der Waals surface area contributed by atoms with Crippen molar-refractivity contribution < 1.29 is 0 Å². The molecule has 0 amide bonds. The molecule has 0 unspecified atom stereocenters. The van der Waals surface area contributed by atoms with Crippen LogP contribution in [0.4, 0.5) is 0 Å². The second kappa shape index (κ2) is 5.85. The van der Waals surface area contributed by atoms with Gasteiger partial charge in [0.05, 0.1) is 5.69 Å². The molecule has 1 aromatic heterocycles. The molecule has 0 saturated carbocycles. The Balaban J connectivity index is 1.89. The van der Waals surface area contributed by atoms with E-state index >= 15 is 0 Å². The van der Waals surface area contributed by atoms with Gasteiger partial charge in [-0.1, -0.05) is 30.3 Å². The predicted molar refractivity (Wildman–Crippen MR) is 75.8 cm³/mol. The highest BCUT2D eigenvalue weighted by Crippen LogP contribution is 2.13. The van der Waals surface area contributed by atoms with Crippen molar-refractivity contribution in [3.05, 3.63) is 53.6 Å². The smallest absolute Gasteiger partial charge is 0.106 e. The summed E-state index contributed by atoms with van der Waals surface area (Å²) in [5.41, 5.74) is 2.63. The average Bonchev–Trinajstić information content (AvgIpc) is 2.72. The third-order valence-electron chi connectivity index (χ3n) is 3.26. The summed E-state index contributed by atoms with van der Waals surface area (Å²) in [7, 11) is 0. The first-order valence-electron chi connectivity index (χ1n) is 6.75. The zero-order chi connectivity index (χ0) is 13.0. The molecule has 0 spiro atoms. The SMILES string of the molecule is Cc1nc(CCCc2ccccc2)cn1C(C)C. The molecule has 2 aromatic rings. The molecule has 0 fully saturated rings. The van der Waals surface area contributed by atoms with Crippen LogP contribution in [-0.4, -0.2) is 9.55 Å². The Morgan fingerprint density at radius 2 is 1.83 bits per heavy atom. The summed E-state index contributed by atoms with van der Waals surface area (Å²) in [5.74, 6) is 1.12. The van der Waals surface area contributed by atoms with Crippen LogP contribution < -0.4 is 0 Å². The molecule has 2 rings (SSSR count). The van der Waals surface area contributed by atoms with Crippen molar-refractivity contribution in [1.29, 1.82) is 0 Å². The Kier molecular flexibility index (Phi) is 4.19. The average molecular weight is 242 g/mol. The summed E-state index contributed by atoms with van der Waals surface area (Å²) >= 11 is 0. The van der Waals surface area contributed by atoms with Gasteiger partial charge in [0.2, 0.25) is 0 Å². The van der Waals surface area contributed by atoms with E-state index in [1.807, 2.05) is 0 Å². The highest BCUT2D eigenvalue weighted by atomic mass is 15.1. The number of nitrogens with zero attached hydrogens (tertiary/aromatic N) is 2. The van der Waals surface area contributed by atoms with E-state index in [0.29, 0.717) is 6.04 Å². The minimum Gasteiger partial charge on any atom is -0.332 e. The van der Waals surface area contributed by atoms with Gasteiger partial charge in [0, 0.05) is 12.2 Å². The van der Waals surface area contributed by atoms with Gasteiger partial charge in [-0.25, -0.2) is 4.98 Å². The topological polar surface area (TPSA) is 17.8 Å². The molecule has 0 aliphatic carbocycles. The van der Waals surface area contributed by atoms with Crippen LogP contribution in [0.2, 0.25) is 0 Å². The number of aryl methyl sites for hydroxylation is 3. The van der Waals surface area contributed by atoms with Gasteiger partial charge >= 0.3 is 0 Å². The fraction of sp³-hybridized carbons (Fsp3) is 0.438. The second-order valence-electron chi connectivity index (χ2n) is 5.12. The Labute approximate surface area is 110 Å². The third-order valence-corrected chi connectivity index (χ3v) is 3.26. The van der Waals surface area contributed by atoms with Crippen LogP contribution in [0.25, 0.3) is 0 Å². The van der Waals surface area contributed by atoms with Crippen LogP contribution in [0.15, 0.2) is 36.5 Å². The van der Waals surface area contributed by atoms with E-state index in [9.17, 15) is 0 Å². The fourth-order valence-corrected chi connectivity index (χ4v) is 2.31. The molecule has 2 nitrogen and oxygen atoms in total. The molecule has 1 heterocycles. The summed E-state index contributed by atoms with van der Waals surface area (Å²) in [6.07, 6.45) is 5.56. The zero-order valence-corrected chi connectivity index (χ0v) is 11.6. The molecule has 18 heavy (non-hydrogen) atoms. The van der Waals surface area contributed by atoms with Crippen LogP contribution in [0, 0.1) is 6.92 Å². The van der Waals surface area contributed by atoms with Crippen molar-refractivity contribution in [3.63, 3.8) is 0 Å². The Hall–Kier alpha value is -1.57. The number of benzene rings is 1. The quantitative estimate of drug-likeness (QED) is 0.776. The van der Waals surface area contributed by atoms with Crippen molar-refractivity contribution in [2.45, 2.75) is 46.1 Å². The summed E-state index contributed by atoms with van der Waals surface area (Å²) in [5, 5.41) is 0. The van der Waals surface area contributed by atoms with Crippen LogP contribution in [0.5, 0.6) is 0 Å². The first-order chi connectivity index (χ1) is 8.66. The van der Waals surface area contributed by atoms with Gasteiger partial charge in [0.1, 0.15) is 5.82 Å². The highest BCUT2D eigenvalue weighted by molar-refractivity contribution is 5.15. The monoisotopic (exact) mass is 242 g/mol. The maximum atomic E-state index is 4.63. The molecule has 0 aliphatic heterocycles. The molecule has 0 aliphatic rings. The van der Waals surface area contributed by atoms with Crippen molar-refractivity contribution in [2.24, 2.45) is 0 Å². The molecule has 0 radical (unpaired) electrons. The van der Waals surface area contributed by atoms with E-state index in [-0.39, 0.29) is 0 Å². The predicted octanol–water partition coefficient (Wildman–Crippen LogP) is 3.95. The summed E-state index contributed by atoms with van der Waals surface area (Å²) in [6, 6.07) is 11.2. The zero-order valence-electron chi connectivity index (χ0n) is 11.6. The van der Waals surface area contributed by atoms with Crippen LogP contribution in [0.3, 0.4) is 0 Å². The van der Waals surface area contributed by atoms with E-state index in [0.717, 1.165) is 18.7 Å². The minimum atomic E-state index is 0.500. The lowest BCUT2D eigenvalue weighted by Gasteiger charge is -2.07. The lowest BCUT2D eigenvalue weighted by molar-refractivity contribution is 0.582. The maximum Gasteiger partial charge on any atom is 0.106 e. The molecule has 0 N–H and O–H groups in total. The third kappa shape index (κ3) is 3.22. The standard InChI is InChI=1S/C16H22N2/c1-13(2)18-12-16(17-14(18)3)11-7-10-15-8-5-4-6-9-15/h4-6,8-9,12-13H,7,10-11H2,1-3H3. The number of hydrogen-bond donors (Lipinski definition) is 0. The second-order valence-corrected chi connectivity index (χ2v) is 5.12. The number of hydrogen-bond acceptors (Lipinski definition) is 1. The lowest BCUT2D eigenvalue weighted by atomic mass is 10.1. The van der Waals surface area contributed by atoms with Crippen LogP contribution >= 0.6 is 0 Å². The Morgan fingerprint density at radius 3 is 2.44 bits per heavy atom. The molecule has 1 aromatic carbocycles. The van der Waals surface area contributed by atoms with Gasteiger partial charge in [-0.15, -0.1) is 0 Å². The lowest BCUT2D eigenvalue weighted by Crippen LogP contribution is -2.00. The van der Waals surface area contributed by atoms with Gasteiger partial charge in [-0.05, 0) is 45.6 Å². The van der Waals surface area contributed by atoms with Gasteiger partial charge in [0.15, 0.2) is 0 Å². The molecule has 0 saturated heterocycles. The van der Waals surface area contributed by atoms with E-state index in [1.165, 1.54) is 17.7 Å². The minimum absolute atomic E-state index is 0.500. The van der Waals surface area contributed by atoms with Crippen LogP contribution in [-0.2, 0) is 12.8 Å². The molecular weight excluding hydrogens is 220 g/mol. The van der Waals surface area contributed by atoms with Crippen molar-refractivity contribution in [3.8, 4) is 0 Å². The van der Waals surface area contributed by atoms with Gasteiger partial charge < -0.3 is 4.57 Å². The summed E-state index contributed by atoms with van der Waals surface area (Å²) in [4.78, 5) is 4.63. The van der Waals surface area contributed by atoms with Gasteiger partial charge in [0.25, 0.3) is 0 Å². The van der Waals surface area contributed by atoms with E-state index in [2.05, 4.69) is 66.9 Å². The maximum absolute atomic E-state index is 4.63. The Bertz CT molecular complexity index is 483. The Morgan fingerprint density at radius 1 is 1.11 bits per heavy atom. The van der Waals surface area contributed by atoms with E-state index < -0.39 is 0 Å². The highest BCUT2D eigenvalue weighted by Gasteiger charge is 2.06. The summed E-state index contributed by atoms with van der Waals surface area (Å²) < 4.78 is 2.25. The van der Waals surface area contributed by atoms with Gasteiger partial charge in [-0.2, -0.15) is 0 Å². The first kappa shape index (κ1) is 12.9. The number of imidazole rings is 1. The molecular formula is C16H22N2. The van der Waals surface area contributed by atoms with E-state index in [1.54, 1.807) is 0 Å². The van der Waals surface area contributed by atoms with E-state index in [4.69, 9.17) is 0 Å². The summed E-state index contributed by atoms with van der Waals surface area (Å²) in [6.45, 7) is 6.48. The largest absolute Gasteiger partial charge is 0.332 e. The molecule has 0 bridgehead atoms. The number of rotatable bonds is 5. The first-order valence-corrected chi connectivity index (χ1v) is 6.75. The van der Waals surface area contributed by atoms with Gasteiger partial charge in [-0.3, -0.25) is 0 Å². The number of aromatic nitrogens is 2. The molecule has 96 valence electrons. The molecule has 0 atom stereocenters. The van der Waals surface area contributed by atoms with Crippen molar-refractivity contribution >= 4 is 0 Å². The van der Waals surface area contributed by atoms with Crippen LogP contribution in [0.1, 0.15) is 43.4 Å². The fourth-order valence-electron chi connectivity index (χ4n) is 2.31.